The molecular weight excluding hydrogens is 312 g/mol. The van der Waals surface area contributed by atoms with E-state index in [9.17, 15) is 0 Å². The lowest BCUT2D eigenvalue weighted by atomic mass is 10.1. The van der Waals surface area contributed by atoms with E-state index in [-0.39, 0.29) is 0 Å². The summed E-state index contributed by atoms with van der Waals surface area (Å²) in [6.45, 7) is 3.11. The lowest BCUT2D eigenvalue weighted by molar-refractivity contribution is 0.304. The third-order valence-corrected chi connectivity index (χ3v) is 5.23. The highest BCUT2D eigenvalue weighted by atomic mass is 32.2. The number of ether oxygens (including phenoxy) is 1. The molecule has 2 aromatic rings. The molecule has 0 atom stereocenters. The number of unbranched alkanes of at least 4 members (excludes halogenated alkanes) is 7. The van der Waals surface area contributed by atoms with Crippen molar-refractivity contribution in [2.75, 3.05) is 6.61 Å². The predicted molar refractivity (Wildman–Crippen MR) is 106 cm³/mol. The minimum atomic E-state index is 0.838. The Labute approximate surface area is 151 Å². The smallest absolute Gasteiger partial charge is 0.158 e. The Morgan fingerprint density at radius 2 is 1.25 bits per heavy atom. The summed E-state index contributed by atoms with van der Waals surface area (Å²) in [6.07, 6.45) is 10.7. The molecular formula is C22H31OS+. The zero-order valence-corrected chi connectivity index (χ0v) is 15.8. The summed E-state index contributed by atoms with van der Waals surface area (Å²) >= 11 is 1.25. The molecule has 0 saturated carbocycles. The summed E-state index contributed by atoms with van der Waals surface area (Å²) in [6, 6.07) is 19.1. The highest BCUT2D eigenvalue weighted by Gasteiger charge is 2.06. The summed E-state index contributed by atoms with van der Waals surface area (Å²) in [4.78, 5) is 2.63. The van der Waals surface area contributed by atoms with E-state index in [4.69, 9.17) is 4.74 Å². The molecule has 0 amide bonds. The van der Waals surface area contributed by atoms with Crippen molar-refractivity contribution in [3.63, 3.8) is 0 Å². The first kappa shape index (κ1) is 18.9. The van der Waals surface area contributed by atoms with Gasteiger partial charge in [0.05, 0.1) is 6.61 Å². The molecule has 0 radical (unpaired) electrons. The second-order valence-corrected chi connectivity index (χ2v) is 7.52. The standard InChI is InChI=1S/C22H30OS/c1-2-3-4-5-6-7-8-12-19-23-20-15-17-22(18-16-20)24-21-13-10-9-11-14-21/h9-11,13-18H,2-8,12,19H2,1H3/p+1. The maximum atomic E-state index is 5.85. The molecule has 0 spiro atoms. The molecule has 0 unspecified atom stereocenters. The Morgan fingerprint density at radius 3 is 1.92 bits per heavy atom. The van der Waals surface area contributed by atoms with Crippen molar-refractivity contribution in [3.05, 3.63) is 54.6 Å². The fourth-order valence-corrected chi connectivity index (χ4v) is 3.61. The minimum absolute atomic E-state index is 0.838. The van der Waals surface area contributed by atoms with Crippen molar-refractivity contribution < 1.29 is 4.74 Å². The average Bonchev–Trinajstić information content (AvgIpc) is 2.62. The van der Waals surface area contributed by atoms with Crippen LogP contribution in [0, 0.1) is 0 Å². The number of hydrogen-bond donors (Lipinski definition) is 0. The Hall–Kier alpha value is -1.41. The Balaban J connectivity index is 1.57. The van der Waals surface area contributed by atoms with Gasteiger partial charge in [-0.1, -0.05) is 70.1 Å². The van der Waals surface area contributed by atoms with Crippen LogP contribution in [0.25, 0.3) is 0 Å². The monoisotopic (exact) mass is 343 g/mol. The van der Waals surface area contributed by atoms with E-state index >= 15 is 0 Å². The van der Waals surface area contributed by atoms with Crippen molar-refractivity contribution in [1.82, 2.24) is 0 Å². The van der Waals surface area contributed by atoms with Gasteiger partial charge in [-0.25, -0.2) is 0 Å². The van der Waals surface area contributed by atoms with Gasteiger partial charge in [0.1, 0.15) is 5.75 Å². The Bertz CT molecular complexity index is 536. The minimum Gasteiger partial charge on any atom is -0.494 e. The van der Waals surface area contributed by atoms with E-state index in [1.165, 1.54) is 66.5 Å². The van der Waals surface area contributed by atoms with Gasteiger partial charge in [-0.15, -0.1) is 0 Å². The van der Waals surface area contributed by atoms with Crippen LogP contribution in [-0.4, -0.2) is 6.61 Å². The molecule has 2 heteroatoms. The van der Waals surface area contributed by atoms with Crippen molar-refractivity contribution in [2.24, 2.45) is 0 Å². The first-order chi connectivity index (χ1) is 11.9. The van der Waals surface area contributed by atoms with Crippen LogP contribution in [0.1, 0.15) is 58.3 Å². The van der Waals surface area contributed by atoms with Gasteiger partial charge in [0, 0.05) is 11.8 Å². The van der Waals surface area contributed by atoms with Gasteiger partial charge in [-0.2, -0.15) is 0 Å². The van der Waals surface area contributed by atoms with Crippen LogP contribution < -0.4 is 4.74 Å². The zero-order chi connectivity index (χ0) is 16.9. The molecule has 1 nitrogen and oxygen atoms in total. The molecule has 0 aliphatic rings. The van der Waals surface area contributed by atoms with E-state index in [1.807, 2.05) is 0 Å². The van der Waals surface area contributed by atoms with Crippen molar-refractivity contribution in [1.29, 1.82) is 0 Å². The number of thiol groups is 1. The molecule has 0 heterocycles. The van der Waals surface area contributed by atoms with E-state index < -0.39 is 0 Å². The van der Waals surface area contributed by atoms with Gasteiger partial charge in [-0.05, 0) is 42.8 Å². The first-order valence-electron chi connectivity index (χ1n) is 9.38. The third-order valence-electron chi connectivity index (χ3n) is 4.12. The van der Waals surface area contributed by atoms with Crippen molar-refractivity contribution in [3.8, 4) is 5.75 Å². The predicted octanol–water partition coefficient (Wildman–Crippen LogP) is 6.44. The van der Waals surface area contributed by atoms with Crippen molar-refractivity contribution in [2.45, 2.75) is 68.1 Å². The number of hydrogen-bond acceptors (Lipinski definition) is 1. The van der Waals surface area contributed by atoms with E-state index in [0.29, 0.717) is 0 Å². The summed E-state index contributed by atoms with van der Waals surface area (Å²) in [5.74, 6) is 0.991. The second kappa shape index (κ2) is 12.0. The maximum Gasteiger partial charge on any atom is 0.158 e. The summed E-state index contributed by atoms with van der Waals surface area (Å²) in [5.41, 5.74) is 0. The Kier molecular flexibility index (Phi) is 9.48. The normalized spacial score (nSPS) is 10.7. The zero-order valence-electron chi connectivity index (χ0n) is 14.9. The highest BCUT2D eigenvalue weighted by molar-refractivity contribution is 7.78. The molecule has 130 valence electrons. The van der Waals surface area contributed by atoms with Gasteiger partial charge in [-0.3, -0.25) is 0 Å². The largest absolute Gasteiger partial charge is 0.494 e. The van der Waals surface area contributed by atoms with E-state index in [0.717, 1.165) is 18.8 Å². The Morgan fingerprint density at radius 1 is 0.667 bits per heavy atom. The number of rotatable bonds is 12. The van der Waals surface area contributed by atoms with Gasteiger partial charge in [0.25, 0.3) is 0 Å². The quantitative estimate of drug-likeness (QED) is 0.245. The summed E-state index contributed by atoms with van der Waals surface area (Å²) in [7, 11) is 0. The highest BCUT2D eigenvalue weighted by Crippen LogP contribution is 2.17. The van der Waals surface area contributed by atoms with Crippen LogP contribution in [0.5, 0.6) is 5.75 Å². The molecule has 0 saturated heterocycles. The lowest BCUT2D eigenvalue weighted by Crippen LogP contribution is -1.97. The van der Waals surface area contributed by atoms with E-state index in [1.54, 1.807) is 0 Å². The van der Waals surface area contributed by atoms with Gasteiger partial charge in [0.15, 0.2) is 9.79 Å². The SMILES string of the molecule is CCCCCCCCCCOc1ccc([SH+]c2ccccc2)cc1. The summed E-state index contributed by atoms with van der Waals surface area (Å²) in [5, 5.41) is 0. The molecule has 0 aliphatic heterocycles. The average molecular weight is 344 g/mol. The number of benzene rings is 2. The van der Waals surface area contributed by atoms with Crippen LogP contribution in [0.2, 0.25) is 0 Å². The van der Waals surface area contributed by atoms with Gasteiger partial charge in [0.2, 0.25) is 0 Å². The van der Waals surface area contributed by atoms with Crippen LogP contribution in [0.15, 0.2) is 64.4 Å². The molecule has 0 aliphatic carbocycles. The molecule has 0 bridgehead atoms. The molecule has 2 rings (SSSR count). The fraction of sp³-hybridized carbons (Fsp3) is 0.455. The van der Waals surface area contributed by atoms with Crippen LogP contribution in [0.4, 0.5) is 0 Å². The lowest BCUT2D eigenvalue weighted by Gasteiger charge is -2.06. The van der Waals surface area contributed by atoms with E-state index in [2.05, 4.69) is 61.5 Å². The topological polar surface area (TPSA) is 9.23 Å². The van der Waals surface area contributed by atoms with Crippen LogP contribution >= 0.6 is 0 Å². The van der Waals surface area contributed by atoms with Gasteiger partial charge < -0.3 is 4.74 Å². The van der Waals surface area contributed by atoms with Crippen molar-refractivity contribution >= 4 is 11.8 Å². The molecule has 0 fully saturated rings. The second-order valence-electron chi connectivity index (χ2n) is 6.26. The first-order valence-corrected chi connectivity index (χ1v) is 10.3. The van der Waals surface area contributed by atoms with Crippen LogP contribution in [0.3, 0.4) is 0 Å². The maximum absolute atomic E-state index is 5.85. The fourth-order valence-electron chi connectivity index (χ4n) is 2.69. The third kappa shape index (κ3) is 7.92. The summed E-state index contributed by atoms with van der Waals surface area (Å²) < 4.78 is 5.85. The molecule has 2 aromatic carbocycles. The molecule has 24 heavy (non-hydrogen) atoms. The van der Waals surface area contributed by atoms with Gasteiger partial charge >= 0.3 is 0 Å². The molecule has 0 aromatic heterocycles. The van der Waals surface area contributed by atoms with Crippen LogP contribution in [-0.2, 0) is 11.8 Å². The molecule has 0 N–H and O–H groups in total.